The highest BCUT2D eigenvalue weighted by Gasteiger charge is 2.39. The van der Waals surface area contributed by atoms with Gasteiger partial charge in [0.2, 0.25) is 0 Å². The first-order valence-corrected chi connectivity index (χ1v) is 6.60. The molecule has 2 aliphatic rings. The first-order chi connectivity index (χ1) is 9.15. The number of piperidine rings is 1. The van der Waals surface area contributed by atoms with Crippen LogP contribution in [0.1, 0.15) is 18.4 Å². The van der Waals surface area contributed by atoms with E-state index in [1.807, 2.05) is 0 Å². The molecule has 2 aliphatic heterocycles. The van der Waals surface area contributed by atoms with Gasteiger partial charge in [0.05, 0.1) is 13.2 Å². The molecule has 0 N–H and O–H groups in total. The summed E-state index contributed by atoms with van der Waals surface area (Å²) in [6.45, 7) is 3.52. The summed E-state index contributed by atoms with van der Waals surface area (Å²) in [5, 5.41) is 0. The maximum atomic E-state index is 13.1. The lowest BCUT2D eigenvalue weighted by molar-refractivity contribution is -0.185. The van der Waals surface area contributed by atoms with Gasteiger partial charge >= 0.3 is 0 Å². The fourth-order valence-corrected chi connectivity index (χ4v) is 2.80. The van der Waals surface area contributed by atoms with Crippen LogP contribution in [0.2, 0.25) is 0 Å². The van der Waals surface area contributed by atoms with Gasteiger partial charge in [-0.15, -0.1) is 0 Å². The third kappa shape index (κ3) is 2.94. The Morgan fingerprint density at radius 3 is 2.16 bits per heavy atom. The summed E-state index contributed by atoms with van der Waals surface area (Å²) >= 11 is 0. The van der Waals surface area contributed by atoms with Crippen LogP contribution in [0.15, 0.2) is 18.2 Å². The van der Waals surface area contributed by atoms with E-state index in [2.05, 4.69) is 4.90 Å². The minimum atomic E-state index is -0.522. The number of benzene rings is 1. The summed E-state index contributed by atoms with van der Waals surface area (Å²) in [5.74, 6) is -1.44. The maximum absolute atomic E-state index is 13.1. The molecular formula is C14H17F2NO2. The molecule has 0 amide bonds. The Hall–Kier alpha value is -1.04. The third-order valence-electron chi connectivity index (χ3n) is 3.76. The maximum Gasteiger partial charge on any atom is 0.170 e. The van der Waals surface area contributed by atoms with Gasteiger partial charge in [-0.05, 0) is 17.7 Å². The zero-order valence-corrected chi connectivity index (χ0v) is 10.7. The van der Waals surface area contributed by atoms with E-state index in [1.54, 1.807) is 0 Å². The Bertz CT molecular complexity index is 431. The monoisotopic (exact) mass is 269 g/mol. The van der Waals surface area contributed by atoms with Crippen LogP contribution in [0.25, 0.3) is 0 Å². The molecule has 2 saturated heterocycles. The Balaban J connectivity index is 1.59. The number of nitrogens with zero attached hydrogens (tertiary/aromatic N) is 1. The standard InChI is InChI=1S/C14H17F2NO2/c15-12-7-11(8-13(16)9-12)10-17-3-1-14(2-4-17)18-5-6-19-14/h7-9H,1-6,10H2. The van der Waals surface area contributed by atoms with E-state index < -0.39 is 17.4 Å². The number of hydrogen-bond donors (Lipinski definition) is 0. The van der Waals surface area contributed by atoms with Gasteiger partial charge in [-0.2, -0.15) is 0 Å². The molecule has 104 valence electrons. The van der Waals surface area contributed by atoms with Gasteiger partial charge < -0.3 is 9.47 Å². The van der Waals surface area contributed by atoms with E-state index >= 15 is 0 Å². The topological polar surface area (TPSA) is 21.7 Å². The van der Waals surface area contributed by atoms with E-state index in [0.717, 1.165) is 32.0 Å². The number of ether oxygens (including phenoxy) is 2. The second-order valence-corrected chi connectivity index (χ2v) is 5.16. The van der Waals surface area contributed by atoms with Crippen molar-refractivity contribution in [2.24, 2.45) is 0 Å². The molecule has 1 aromatic carbocycles. The highest BCUT2D eigenvalue weighted by Crippen LogP contribution is 2.31. The van der Waals surface area contributed by atoms with Crippen LogP contribution in [0.5, 0.6) is 0 Å². The van der Waals surface area contributed by atoms with Crippen molar-refractivity contribution in [3.05, 3.63) is 35.4 Å². The zero-order chi connectivity index (χ0) is 13.3. The molecule has 0 aromatic heterocycles. The van der Waals surface area contributed by atoms with Crippen LogP contribution in [-0.4, -0.2) is 37.0 Å². The Kier molecular flexibility index (Phi) is 3.52. The van der Waals surface area contributed by atoms with Gasteiger partial charge in [0, 0.05) is 38.5 Å². The molecule has 19 heavy (non-hydrogen) atoms. The van der Waals surface area contributed by atoms with E-state index in [0.29, 0.717) is 25.3 Å². The summed E-state index contributed by atoms with van der Waals surface area (Å²) in [6, 6.07) is 3.67. The Morgan fingerprint density at radius 2 is 1.58 bits per heavy atom. The van der Waals surface area contributed by atoms with Gasteiger partial charge in [-0.1, -0.05) is 0 Å². The molecular weight excluding hydrogens is 252 g/mol. The second-order valence-electron chi connectivity index (χ2n) is 5.16. The molecule has 1 spiro atoms. The van der Waals surface area contributed by atoms with E-state index in [9.17, 15) is 8.78 Å². The van der Waals surface area contributed by atoms with Crippen LogP contribution in [0, 0.1) is 11.6 Å². The summed E-state index contributed by atoms with van der Waals surface area (Å²) in [5.41, 5.74) is 0.668. The SMILES string of the molecule is Fc1cc(F)cc(CN2CCC3(CC2)OCCO3)c1. The molecule has 0 radical (unpaired) electrons. The van der Waals surface area contributed by atoms with E-state index in [1.165, 1.54) is 12.1 Å². The zero-order valence-electron chi connectivity index (χ0n) is 10.7. The molecule has 0 unspecified atom stereocenters. The van der Waals surface area contributed by atoms with Crippen LogP contribution < -0.4 is 0 Å². The number of rotatable bonds is 2. The van der Waals surface area contributed by atoms with Crippen molar-refractivity contribution >= 4 is 0 Å². The molecule has 0 atom stereocenters. The summed E-state index contributed by atoms with van der Waals surface area (Å²) in [6.07, 6.45) is 1.62. The predicted molar refractivity (Wildman–Crippen MR) is 65.5 cm³/mol. The lowest BCUT2D eigenvalue weighted by atomic mass is 10.0. The molecule has 5 heteroatoms. The minimum Gasteiger partial charge on any atom is -0.347 e. The van der Waals surface area contributed by atoms with Crippen LogP contribution >= 0.6 is 0 Å². The summed E-state index contributed by atoms with van der Waals surface area (Å²) in [7, 11) is 0. The third-order valence-corrected chi connectivity index (χ3v) is 3.76. The fourth-order valence-electron chi connectivity index (χ4n) is 2.80. The van der Waals surface area contributed by atoms with Crippen molar-refractivity contribution < 1.29 is 18.3 Å². The van der Waals surface area contributed by atoms with Crippen LogP contribution in [-0.2, 0) is 16.0 Å². The van der Waals surface area contributed by atoms with E-state index in [4.69, 9.17) is 9.47 Å². The lowest BCUT2D eigenvalue weighted by Crippen LogP contribution is -2.44. The molecule has 0 bridgehead atoms. The van der Waals surface area contributed by atoms with Gasteiger partial charge in [0.1, 0.15) is 11.6 Å². The van der Waals surface area contributed by atoms with Crippen molar-refractivity contribution in [2.75, 3.05) is 26.3 Å². The smallest absolute Gasteiger partial charge is 0.170 e. The molecule has 2 heterocycles. The molecule has 0 saturated carbocycles. The normalized spacial score (nSPS) is 23.1. The van der Waals surface area contributed by atoms with Crippen molar-refractivity contribution in [2.45, 2.75) is 25.2 Å². The highest BCUT2D eigenvalue weighted by atomic mass is 19.1. The van der Waals surface area contributed by atoms with E-state index in [-0.39, 0.29) is 0 Å². The van der Waals surface area contributed by atoms with Crippen molar-refractivity contribution in [3.8, 4) is 0 Å². The summed E-state index contributed by atoms with van der Waals surface area (Å²) < 4.78 is 37.5. The van der Waals surface area contributed by atoms with Crippen molar-refractivity contribution in [1.29, 1.82) is 0 Å². The molecule has 2 fully saturated rings. The number of halogens is 2. The highest BCUT2D eigenvalue weighted by molar-refractivity contribution is 5.17. The van der Waals surface area contributed by atoms with Crippen LogP contribution in [0.4, 0.5) is 8.78 Å². The minimum absolute atomic E-state index is 0.399. The molecule has 1 aromatic rings. The summed E-state index contributed by atoms with van der Waals surface area (Å²) in [4.78, 5) is 2.17. The second kappa shape index (κ2) is 5.15. The average molecular weight is 269 g/mol. The van der Waals surface area contributed by atoms with Gasteiger partial charge in [0.15, 0.2) is 5.79 Å². The number of likely N-dealkylation sites (tertiary alicyclic amines) is 1. The van der Waals surface area contributed by atoms with Gasteiger partial charge in [-0.3, -0.25) is 4.90 Å². The molecule has 3 rings (SSSR count). The molecule has 0 aliphatic carbocycles. The van der Waals surface area contributed by atoms with Crippen molar-refractivity contribution in [1.82, 2.24) is 4.90 Å². The van der Waals surface area contributed by atoms with Crippen LogP contribution in [0.3, 0.4) is 0 Å². The molecule has 3 nitrogen and oxygen atoms in total. The largest absolute Gasteiger partial charge is 0.347 e. The quantitative estimate of drug-likeness (QED) is 0.822. The fraction of sp³-hybridized carbons (Fsp3) is 0.571. The Morgan fingerprint density at radius 1 is 1.00 bits per heavy atom. The first-order valence-electron chi connectivity index (χ1n) is 6.60. The Labute approximate surface area is 111 Å². The van der Waals surface area contributed by atoms with Gasteiger partial charge in [0.25, 0.3) is 0 Å². The first kappa shape index (κ1) is 13.0. The average Bonchev–Trinajstić information content (AvgIpc) is 2.80. The van der Waals surface area contributed by atoms with Crippen molar-refractivity contribution in [3.63, 3.8) is 0 Å². The van der Waals surface area contributed by atoms with Gasteiger partial charge in [-0.25, -0.2) is 8.78 Å². The lowest BCUT2D eigenvalue weighted by Gasteiger charge is -2.37. The predicted octanol–water partition coefficient (Wildman–Crippen LogP) is 2.30. The number of hydrogen-bond acceptors (Lipinski definition) is 3.